The number of aromatic nitrogens is 2. The molecule has 1 aliphatic rings. The lowest BCUT2D eigenvalue weighted by Gasteiger charge is -2.22. The summed E-state index contributed by atoms with van der Waals surface area (Å²) in [6.45, 7) is 8.37. The third-order valence-electron chi connectivity index (χ3n) is 3.76. The molecule has 0 radical (unpaired) electrons. The van der Waals surface area contributed by atoms with Crippen LogP contribution in [0.15, 0.2) is 12.4 Å². The monoisotopic (exact) mass is 265 g/mol. The molecular weight excluding hydrogens is 238 g/mol. The van der Waals surface area contributed by atoms with E-state index in [9.17, 15) is 0 Å². The van der Waals surface area contributed by atoms with E-state index in [0.29, 0.717) is 12.0 Å². The summed E-state index contributed by atoms with van der Waals surface area (Å²) < 4.78 is 7.80. The average molecular weight is 265 g/mol. The van der Waals surface area contributed by atoms with Crippen LogP contribution in [-0.2, 0) is 11.3 Å². The van der Waals surface area contributed by atoms with Crippen molar-refractivity contribution in [3.63, 3.8) is 0 Å². The number of hydrogen-bond acceptors (Lipinski definition) is 3. The van der Waals surface area contributed by atoms with Crippen molar-refractivity contribution in [1.82, 2.24) is 14.9 Å². The second-order valence-corrected chi connectivity index (χ2v) is 5.45. The summed E-state index contributed by atoms with van der Waals surface area (Å²) in [6, 6.07) is 0.369. The molecule has 1 saturated heterocycles. The van der Waals surface area contributed by atoms with Gasteiger partial charge in [-0.3, -0.25) is 0 Å². The number of hydrogen-bond donors (Lipinski definition) is 1. The fourth-order valence-electron chi connectivity index (χ4n) is 2.76. The minimum Gasteiger partial charge on any atom is -0.381 e. The highest BCUT2D eigenvalue weighted by Crippen LogP contribution is 2.26. The maximum atomic E-state index is 5.50. The first kappa shape index (κ1) is 14.5. The molecule has 2 unspecified atom stereocenters. The van der Waals surface area contributed by atoms with Crippen molar-refractivity contribution in [1.29, 1.82) is 0 Å². The molecule has 0 bridgehead atoms. The highest BCUT2D eigenvalue weighted by Gasteiger charge is 2.24. The second kappa shape index (κ2) is 7.65. The normalized spacial score (nSPS) is 20.8. The van der Waals surface area contributed by atoms with Crippen molar-refractivity contribution >= 4 is 0 Å². The molecule has 1 fully saturated rings. The molecule has 0 spiro atoms. The summed E-state index contributed by atoms with van der Waals surface area (Å²) in [6.07, 6.45) is 8.67. The Hall–Kier alpha value is -0.870. The molecule has 1 aromatic heterocycles. The number of aryl methyl sites for hydroxylation is 1. The van der Waals surface area contributed by atoms with Crippen LogP contribution in [0.1, 0.15) is 51.4 Å². The van der Waals surface area contributed by atoms with Crippen LogP contribution in [0.3, 0.4) is 0 Å². The molecule has 0 aliphatic carbocycles. The second-order valence-electron chi connectivity index (χ2n) is 5.45. The summed E-state index contributed by atoms with van der Waals surface area (Å²) in [5.41, 5.74) is 0. The Bertz CT molecular complexity index is 358. The minimum absolute atomic E-state index is 0.369. The molecule has 19 heavy (non-hydrogen) atoms. The van der Waals surface area contributed by atoms with Gasteiger partial charge in [-0.2, -0.15) is 0 Å². The number of imidazole rings is 1. The Morgan fingerprint density at radius 1 is 1.47 bits per heavy atom. The fraction of sp³-hybridized carbons (Fsp3) is 0.800. The van der Waals surface area contributed by atoms with Gasteiger partial charge in [0.25, 0.3) is 0 Å². The SMILES string of the molecule is CCCNC(CC1CCOC1)c1nccn1CCC. The van der Waals surface area contributed by atoms with E-state index in [1.54, 1.807) is 0 Å². The molecule has 2 rings (SSSR count). The molecular formula is C15H27N3O. The first-order valence-corrected chi connectivity index (χ1v) is 7.67. The van der Waals surface area contributed by atoms with Gasteiger partial charge >= 0.3 is 0 Å². The zero-order chi connectivity index (χ0) is 13.5. The van der Waals surface area contributed by atoms with Crippen LogP contribution in [-0.4, -0.2) is 29.3 Å². The minimum atomic E-state index is 0.369. The number of nitrogens with one attached hydrogen (secondary N) is 1. The van der Waals surface area contributed by atoms with Crippen LogP contribution in [0.5, 0.6) is 0 Å². The zero-order valence-electron chi connectivity index (χ0n) is 12.3. The molecule has 1 aliphatic heterocycles. The highest BCUT2D eigenvalue weighted by molar-refractivity contribution is 5.00. The van der Waals surface area contributed by atoms with E-state index >= 15 is 0 Å². The molecule has 108 valence electrons. The largest absolute Gasteiger partial charge is 0.381 e. The summed E-state index contributed by atoms with van der Waals surface area (Å²) in [7, 11) is 0. The van der Waals surface area contributed by atoms with Gasteiger partial charge in [-0.25, -0.2) is 4.98 Å². The smallest absolute Gasteiger partial charge is 0.125 e. The van der Waals surface area contributed by atoms with Gasteiger partial charge in [-0.05, 0) is 38.1 Å². The summed E-state index contributed by atoms with van der Waals surface area (Å²) >= 11 is 0. The molecule has 0 saturated carbocycles. The molecule has 0 aromatic carbocycles. The van der Waals surface area contributed by atoms with Crippen molar-refractivity contribution in [3.8, 4) is 0 Å². The van der Waals surface area contributed by atoms with Crippen molar-refractivity contribution < 1.29 is 4.74 Å². The van der Waals surface area contributed by atoms with Gasteiger partial charge in [0, 0.05) is 32.2 Å². The Balaban J connectivity index is 2.03. The number of ether oxygens (including phenoxy) is 1. The Morgan fingerprint density at radius 3 is 3.05 bits per heavy atom. The van der Waals surface area contributed by atoms with E-state index in [-0.39, 0.29) is 0 Å². The average Bonchev–Trinajstić information content (AvgIpc) is 3.06. The molecule has 1 N–H and O–H groups in total. The lowest BCUT2D eigenvalue weighted by atomic mass is 9.98. The van der Waals surface area contributed by atoms with E-state index in [4.69, 9.17) is 4.74 Å². The number of rotatable bonds is 8. The molecule has 2 atom stereocenters. The Labute approximate surface area is 116 Å². The predicted molar refractivity (Wildman–Crippen MR) is 77.1 cm³/mol. The van der Waals surface area contributed by atoms with Crippen LogP contribution in [0, 0.1) is 5.92 Å². The van der Waals surface area contributed by atoms with Crippen LogP contribution >= 0.6 is 0 Å². The Kier molecular flexibility index (Phi) is 5.86. The van der Waals surface area contributed by atoms with E-state index < -0.39 is 0 Å². The predicted octanol–water partition coefficient (Wildman–Crippen LogP) is 2.76. The van der Waals surface area contributed by atoms with E-state index in [0.717, 1.165) is 45.6 Å². The summed E-state index contributed by atoms with van der Waals surface area (Å²) in [4.78, 5) is 4.59. The topological polar surface area (TPSA) is 39.1 Å². The first-order valence-electron chi connectivity index (χ1n) is 7.67. The van der Waals surface area contributed by atoms with Gasteiger partial charge in [-0.15, -0.1) is 0 Å². The maximum Gasteiger partial charge on any atom is 0.125 e. The summed E-state index contributed by atoms with van der Waals surface area (Å²) in [5, 5.41) is 3.66. The van der Waals surface area contributed by atoms with Crippen molar-refractivity contribution in [2.24, 2.45) is 5.92 Å². The van der Waals surface area contributed by atoms with Crippen molar-refractivity contribution in [2.45, 2.75) is 52.1 Å². The zero-order valence-corrected chi connectivity index (χ0v) is 12.3. The summed E-state index contributed by atoms with van der Waals surface area (Å²) in [5.74, 6) is 1.88. The van der Waals surface area contributed by atoms with Gasteiger partial charge in [0.1, 0.15) is 5.82 Å². The lowest BCUT2D eigenvalue weighted by Crippen LogP contribution is -2.27. The first-order chi connectivity index (χ1) is 9.35. The molecule has 1 aromatic rings. The van der Waals surface area contributed by atoms with Gasteiger partial charge in [0.05, 0.1) is 6.04 Å². The van der Waals surface area contributed by atoms with Crippen molar-refractivity contribution in [3.05, 3.63) is 18.2 Å². The lowest BCUT2D eigenvalue weighted by molar-refractivity contribution is 0.181. The van der Waals surface area contributed by atoms with Crippen LogP contribution in [0.4, 0.5) is 0 Å². The van der Waals surface area contributed by atoms with Crippen LogP contribution in [0.2, 0.25) is 0 Å². The molecule has 4 heteroatoms. The third-order valence-corrected chi connectivity index (χ3v) is 3.76. The van der Waals surface area contributed by atoms with Gasteiger partial charge in [0.2, 0.25) is 0 Å². The molecule has 2 heterocycles. The maximum absolute atomic E-state index is 5.50. The van der Waals surface area contributed by atoms with Crippen molar-refractivity contribution in [2.75, 3.05) is 19.8 Å². The Morgan fingerprint density at radius 2 is 2.37 bits per heavy atom. The molecule has 4 nitrogen and oxygen atoms in total. The van der Waals surface area contributed by atoms with Crippen LogP contribution < -0.4 is 5.32 Å². The van der Waals surface area contributed by atoms with E-state index in [1.807, 2.05) is 6.20 Å². The van der Waals surface area contributed by atoms with Gasteiger partial charge in [-0.1, -0.05) is 13.8 Å². The van der Waals surface area contributed by atoms with Crippen LogP contribution in [0.25, 0.3) is 0 Å². The van der Waals surface area contributed by atoms with Gasteiger partial charge < -0.3 is 14.6 Å². The van der Waals surface area contributed by atoms with E-state index in [1.165, 1.54) is 12.2 Å². The highest BCUT2D eigenvalue weighted by atomic mass is 16.5. The fourth-order valence-corrected chi connectivity index (χ4v) is 2.76. The van der Waals surface area contributed by atoms with Gasteiger partial charge in [0.15, 0.2) is 0 Å². The van der Waals surface area contributed by atoms with E-state index in [2.05, 4.69) is 34.9 Å². The number of nitrogens with zero attached hydrogens (tertiary/aromatic N) is 2. The third kappa shape index (κ3) is 4.05. The molecule has 0 amide bonds. The standard InChI is InChI=1S/C15H27N3O/c1-3-6-16-14(11-13-5-10-19-12-13)15-17-7-9-18(15)8-4-2/h7,9,13-14,16H,3-6,8,10-12H2,1-2H3. The quantitative estimate of drug-likeness (QED) is 0.785.